The van der Waals surface area contributed by atoms with Gasteiger partial charge in [-0.25, -0.2) is 4.68 Å². The number of benzene rings is 1. The molecule has 0 saturated carbocycles. The van der Waals surface area contributed by atoms with Gasteiger partial charge in [0.25, 0.3) is 5.91 Å². The largest absolute Gasteiger partial charge is 0.352 e. The highest BCUT2D eigenvalue weighted by atomic mass is 32.1. The second kappa shape index (κ2) is 8.39. The zero-order valence-corrected chi connectivity index (χ0v) is 18.4. The molecule has 3 heterocycles. The van der Waals surface area contributed by atoms with Crippen molar-refractivity contribution >= 4 is 23.8 Å². The number of hydrogen-bond donors (Lipinski definition) is 0. The number of hydrogen-bond acceptors (Lipinski definition) is 5. The van der Waals surface area contributed by atoms with Crippen LogP contribution in [0.15, 0.2) is 42.7 Å². The van der Waals surface area contributed by atoms with Crippen LogP contribution in [-0.4, -0.2) is 50.8 Å². The lowest BCUT2D eigenvalue weighted by molar-refractivity contribution is 0.0827. The van der Waals surface area contributed by atoms with Crippen LogP contribution in [0.5, 0.6) is 0 Å². The summed E-state index contributed by atoms with van der Waals surface area (Å²) in [5.41, 5.74) is 4.08. The van der Waals surface area contributed by atoms with Crippen molar-refractivity contribution in [2.45, 2.75) is 33.0 Å². The lowest BCUT2D eigenvalue weighted by Crippen LogP contribution is -2.32. The number of pyridine rings is 1. The molecule has 0 fully saturated rings. The second-order valence-corrected chi connectivity index (χ2v) is 8.00. The van der Waals surface area contributed by atoms with Gasteiger partial charge in [0, 0.05) is 56.4 Å². The van der Waals surface area contributed by atoms with E-state index in [1.165, 1.54) is 5.56 Å². The summed E-state index contributed by atoms with van der Waals surface area (Å²) in [5, 5.41) is 4.83. The minimum atomic E-state index is 0.0285. The van der Waals surface area contributed by atoms with Crippen LogP contribution >= 0.6 is 12.2 Å². The molecule has 0 spiro atoms. The highest BCUT2D eigenvalue weighted by Crippen LogP contribution is 2.29. The molecular formula is C22H26N6OS. The van der Waals surface area contributed by atoms with E-state index in [0.29, 0.717) is 11.4 Å². The van der Waals surface area contributed by atoms with Gasteiger partial charge in [0.05, 0.1) is 0 Å². The Morgan fingerprint density at radius 1 is 1.20 bits per heavy atom. The first-order chi connectivity index (χ1) is 14.5. The first kappa shape index (κ1) is 20.3. The highest BCUT2D eigenvalue weighted by molar-refractivity contribution is 7.71. The van der Waals surface area contributed by atoms with Gasteiger partial charge in [0.2, 0.25) is 0 Å². The molecule has 0 bridgehead atoms. The maximum absolute atomic E-state index is 12.3. The van der Waals surface area contributed by atoms with Crippen molar-refractivity contribution in [3.8, 4) is 11.4 Å². The minimum Gasteiger partial charge on any atom is -0.352 e. The van der Waals surface area contributed by atoms with E-state index < -0.39 is 0 Å². The van der Waals surface area contributed by atoms with Crippen LogP contribution in [0.3, 0.4) is 0 Å². The molecule has 7 nitrogen and oxygen atoms in total. The van der Waals surface area contributed by atoms with Crippen molar-refractivity contribution in [2.24, 2.45) is 0 Å². The van der Waals surface area contributed by atoms with Gasteiger partial charge in [-0.15, -0.1) is 5.10 Å². The first-order valence-electron chi connectivity index (χ1n) is 10.2. The fraction of sp³-hybridized carbons (Fsp3) is 0.364. The van der Waals surface area contributed by atoms with Crippen molar-refractivity contribution in [1.82, 2.24) is 24.2 Å². The van der Waals surface area contributed by atoms with E-state index in [-0.39, 0.29) is 5.91 Å². The van der Waals surface area contributed by atoms with Crippen LogP contribution in [-0.2, 0) is 19.6 Å². The standard InChI is InChI=1S/C22H26N6OS/c1-4-27-20(16-9-11-23-12-10-16)24-28(22(27)30)15-26-13-5-6-17-14-18(7-8-19(17)26)21(29)25(2)3/h7-12,14H,4-6,13,15H2,1-3H3. The van der Waals surface area contributed by atoms with E-state index in [4.69, 9.17) is 17.3 Å². The molecule has 156 valence electrons. The van der Waals surface area contributed by atoms with Gasteiger partial charge < -0.3 is 14.4 Å². The Bertz CT molecular complexity index is 1120. The number of rotatable bonds is 5. The molecular weight excluding hydrogens is 396 g/mol. The van der Waals surface area contributed by atoms with Gasteiger partial charge in [0.15, 0.2) is 10.6 Å². The maximum atomic E-state index is 12.3. The number of fused-ring (bicyclic) bond motifs is 1. The number of anilines is 1. The summed E-state index contributed by atoms with van der Waals surface area (Å²) in [4.78, 5) is 20.3. The topological polar surface area (TPSA) is 59.2 Å². The minimum absolute atomic E-state index is 0.0285. The van der Waals surface area contributed by atoms with Crippen LogP contribution < -0.4 is 4.90 Å². The van der Waals surface area contributed by atoms with Crippen molar-refractivity contribution in [1.29, 1.82) is 0 Å². The number of nitrogens with zero attached hydrogens (tertiary/aromatic N) is 6. The Morgan fingerprint density at radius 2 is 1.97 bits per heavy atom. The molecule has 0 unspecified atom stereocenters. The fourth-order valence-electron chi connectivity index (χ4n) is 3.91. The van der Waals surface area contributed by atoms with Crippen molar-refractivity contribution in [3.05, 3.63) is 58.6 Å². The maximum Gasteiger partial charge on any atom is 0.253 e. The monoisotopic (exact) mass is 422 g/mol. The molecule has 30 heavy (non-hydrogen) atoms. The summed E-state index contributed by atoms with van der Waals surface area (Å²) in [7, 11) is 3.56. The predicted molar refractivity (Wildman–Crippen MR) is 120 cm³/mol. The van der Waals surface area contributed by atoms with E-state index in [9.17, 15) is 4.79 Å². The third-order valence-electron chi connectivity index (χ3n) is 5.43. The average molecular weight is 423 g/mol. The zero-order chi connectivity index (χ0) is 21.3. The van der Waals surface area contributed by atoms with Crippen LogP contribution in [0.1, 0.15) is 29.3 Å². The van der Waals surface area contributed by atoms with E-state index in [1.54, 1.807) is 31.4 Å². The van der Waals surface area contributed by atoms with E-state index in [0.717, 1.165) is 48.6 Å². The lowest BCUT2D eigenvalue weighted by Gasteiger charge is -2.31. The molecule has 3 aromatic rings. The van der Waals surface area contributed by atoms with Gasteiger partial charge in [-0.1, -0.05) is 0 Å². The number of aryl methyl sites for hydroxylation is 1. The molecule has 1 amide bonds. The molecule has 1 aromatic carbocycles. The number of carbonyl (C=O) groups excluding carboxylic acids is 1. The van der Waals surface area contributed by atoms with Gasteiger partial charge in [-0.05, 0) is 67.9 Å². The van der Waals surface area contributed by atoms with Gasteiger partial charge in [-0.3, -0.25) is 9.78 Å². The summed E-state index contributed by atoms with van der Waals surface area (Å²) in [6.07, 6.45) is 5.54. The zero-order valence-electron chi connectivity index (χ0n) is 17.6. The van der Waals surface area contributed by atoms with Gasteiger partial charge in [-0.2, -0.15) is 0 Å². The van der Waals surface area contributed by atoms with E-state index in [1.807, 2.05) is 33.5 Å². The van der Waals surface area contributed by atoms with Crippen LogP contribution in [0.2, 0.25) is 0 Å². The number of carbonyl (C=O) groups is 1. The Hall–Kier alpha value is -3.00. The van der Waals surface area contributed by atoms with Crippen molar-refractivity contribution in [3.63, 3.8) is 0 Å². The van der Waals surface area contributed by atoms with Crippen molar-refractivity contribution < 1.29 is 4.79 Å². The molecule has 1 aliphatic heterocycles. The summed E-state index contributed by atoms with van der Waals surface area (Å²) >= 11 is 5.73. The van der Waals surface area contributed by atoms with Gasteiger partial charge >= 0.3 is 0 Å². The van der Waals surface area contributed by atoms with Crippen molar-refractivity contribution in [2.75, 3.05) is 25.5 Å². The Labute approximate surface area is 181 Å². The summed E-state index contributed by atoms with van der Waals surface area (Å²) in [6, 6.07) is 9.89. The van der Waals surface area contributed by atoms with Crippen LogP contribution in [0.4, 0.5) is 5.69 Å². The number of amides is 1. The lowest BCUT2D eigenvalue weighted by atomic mass is 9.99. The molecule has 2 aromatic heterocycles. The first-order valence-corrected chi connectivity index (χ1v) is 10.6. The predicted octanol–water partition coefficient (Wildman–Crippen LogP) is 3.61. The van der Waals surface area contributed by atoms with E-state index >= 15 is 0 Å². The molecule has 0 N–H and O–H groups in total. The second-order valence-electron chi connectivity index (χ2n) is 7.64. The Balaban J connectivity index is 1.66. The molecule has 0 radical (unpaired) electrons. The molecule has 0 aliphatic carbocycles. The Morgan fingerprint density at radius 3 is 2.67 bits per heavy atom. The summed E-state index contributed by atoms with van der Waals surface area (Å²) in [6.45, 7) is 4.34. The van der Waals surface area contributed by atoms with Crippen LogP contribution in [0, 0.1) is 4.77 Å². The third kappa shape index (κ3) is 3.75. The molecule has 0 atom stereocenters. The molecule has 8 heteroatoms. The normalized spacial score (nSPS) is 13.2. The van der Waals surface area contributed by atoms with E-state index in [2.05, 4.69) is 22.9 Å². The quantitative estimate of drug-likeness (QED) is 0.588. The molecule has 4 rings (SSSR count). The SMILES string of the molecule is CCn1c(-c2ccncc2)nn(CN2CCCc3cc(C(=O)N(C)C)ccc32)c1=S. The smallest absolute Gasteiger partial charge is 0.253 e. The number of aromatic nitrogens is 4. The van der Waals surface area contributed by atoms with Crippen LogP contribution in [0.25, 0.3) is 11.4 Å². The fourth-order valence-corrected chi connectivity index (χ4v) is 4.22. The molecule has 0 saturated heterocycles. The average Bonchev–Trinajstić information content (AvgIpc) is 3.08. The van der Waals surface area contributed by atoms with Gasteiger partial charge in [0.1, 0.15) is 6.67 Å². The summed E-state index contributed by atoms with van der Waals surface area (Å²) < 4.78 is 4.65. The Kier molecular flexibility index (Phi) is 5.67. The third-order valence-corrected chi connectivity index (χ3v) is 5.86. The molecule has 1 aliphatic rings. The highest BCUT2D eigenvalue weighted by Gasteiger charge is 2.21. The summed E-state index contributed by atoms with van der Waals surface area (Å²) in [5.74, 6) is 0.884.